The lowest BCUT2D eigenvalue weighted by Gasteiger charge is -2.29. The highest BCUT2D eigenvalue weighted by Gasteiger charge is 2.34. The number of aromatic nitrogens is 1. The summed E-state index contributed by atoms with van der Waals surface area (Å²) in [6.07, 6.45) is 3.41. The van der Waals surface area contributed by atoms with Crippen LogP contribution in [0.15, 0.2) is 78.5 Å². The molecule has 0 aliphatic carbocycles. The zero-order valence-corrected chi connectivity index (χ0v) is 20.0. The Morgan fingerprint density at radius 2 is 1.66 bits per heavy atom. The molecule has 0 spiro atoms. The highest BCUT2D eigenvalue weighted by Crippen LogP contribution is 2.28. The predicted molar refractivity (Wildman–Crippen MR) is 140 cm³/mol. The molecule has 1 fully saturated rings. The molecule has 174 valence electrons. The molecule has 0 radical (unpaired) electrons. The fourth-order valence-corrected chi connectivity index (χ4v) is 4.74. The van der Waals surface area contributed by atoms with Crippen molar-refractivity contribution in [2.75, 3.05) is 4.90 Å². The Morgan fingerprint density at radius 3 is 2.40 bits per heavy atom. The average Bonchev–Trinajstić information content (AvgIpc) is 3.15. The fraction of sp³-hybridized carbons (Fsp3) is 0.107. The molecule has 3 aromatic carbocycles. The van der Waals surface area contributed by atoms with Gasteiger partial charge < -0.3 is 4.57 Å². The maximum absolute atomic E-state index is 14.3. The number of para-hydroxylation sites is 1. The molecule has 1 N–H and O–H groups in total. The van der Waals surface area contributed by atoms with E-state index in [0.717, 1.165) is 22.0 Å². The van der Waals surface area contributed by atoms with Crippen molar-refractivity contribution < 1.29 is 14.0 Å². The third-order valence-electron chi connectivity index (χ3n) is 5.98. The SMILES string of the molecule is Cc1cc(C)cc(N2C(=O)/C(=C/c3cn(Cc4ccccc4F)c4ccccc34)C(=O)NC2=S)c1. The maximum Gasteiger partial charge on any atom is 0.270 e. The van der Waals surface area contributed by atoms with Crippen LogP contribution in [0.25, 0.3) is 17.0 Å². The highest BCUT2D eigenvalue weighted by molar-refractivity contribution is 7.80. The highest BCUT2D eigenvalue weighted by atomic mass is 32.1. The quantitative estimate of drug-likeness (QED) is 0.244. The zero-order valence-electron chi connectivity index (χ0n) is 19.2. The molecule has 2 amide bonds. The van der Waals surface area contributed by atoms with Gasteiger partial charge in [-0.05, 0) is 67.5 Å². The molecule has 2 heterocycles. The van der Waals surface area contributed by atoms with Crippen LogP contribution in [0.4, 0.5) is 10.1 Å². The number of benzene rings is 3. The van der Waals surface area contributed by atoms with Gasteiger partial charge in [-0.25, -0.2) is 4.39 Å². The summed E-state index contributed by atoms with van der Waals surface area (Å²) in [6, 6.07) is 20.0. The molecule has 1 aromatic heterocycles. The van der Waals surface area contributed by atoms with E-state index in [1.807, 2.05) is 67.1 Å². The summed E-state index contributed by atoms with van der Waals surface area (Å²) >= 11 is 5.34. The number of nitrogens with zero attached hydrogens (tertiary/aromatic N) is 2. The molecule has 1 saturated heterocycles. The number of thiocarbonyl (C=S) groups is 1. The number of hydrogen-bond donors (Lipinski definition) is 1. The number of carbonyl (C=O) groups is 2. The lowest BCUT2D eigenvalue weighted by molar-refractivity contribution is -0.122. The van der Waals surface area contributed by atoms with Gasteiger partial charge >= 0.3 is 0 Å². The van der Waals surface area contributed by atoms with Crippen molar-refractivity contribution in [3.05, 3.63) is 107 Å². The Balaban J connectivity index is 1.59. The van der Waals surface area contributed by atoms with E-state index in [1.54, 1.807) is 24.3 Å². The van der Waals surface area contributed by atoms with E-state index in [9.17, 15) is 14.0 Å². The molecule has 1 aliphatic heterocycles. The Morgan fingerprint density at radius 1 is 0.971 bits per heavy atom. The molecular weight excluding hydrogens is 461 g/mol. The first-order valence-corrected chi connectivity index (χ1v) is 11.5. The maximum atomic E-state index is 14.3. The van der Waals surface area contributed by atoms with Crippen LogP contribution < -0.4 is 10.2 Å². The van der Waals surface area contributed by atoms with Gasteiger partial charge in [0.1, 0.15) is 11.4 Å². The summed E-state index contributed by atoms with van der Waals surface area (Å²) in [7, 11) is 0. The van der Waals surface area contributed by atoms with Crippen LogP contribution in [0, 0.1) is 19.7 Å². The minimum Gasteiger partial charge on any atom is -0.342 e. The van der Waals surface area contributed by atoms with Crippen molar-refractivity contribution in [3.8, 4) is 0 Å². The first kappa shape index (κ1) is 22.7. The third-order valence-corrected chi connectivity index (χ3v) is 6.27. The summed E-state index contributed by atoms with van der Waals surface area (Å²) in [5, 5.41) is 3.54. The van der Waals surface area contributed by atoms with Crippen LogP contribution in [0.3, 0.4) is 0 Å². The van der Waals surface area contributed by atoms with Crippen molar-refractivity contribution in [2.24, 2.45) is 0 Å². The van der Waals surface area contributed by atoms with Crippen molar-refractivity contribution in [2.45, 2.75) is 20.4 Å². The lowest BCUT2D eigenvalue weighted by atomic mass is 10.1. The van der Waals surface area contributed by atoms with E-state index in [1.165, 1.54) is 11.0 Å². The number of halogens is 1. The summed E-state index contributed by atoms with van der Waals surface area (Å²) < 4.78 is 16.2. The van der Waals surface area contributed by atoms with Gasteiger partial charge in [0.05, 0.1) is 12.2 Å². The fourth-order valence-electron chi connectivity index (χ4n) is 4.46. The van der Waals surface area contributed by atoms with Crippen molar-refractivity contribution in [1.82, 2.24) is 9.88 Å². The standard InChI is InChI=1S/C28H22FN3O2S/c1-17-11-18(2)13-21(12-17)32-27(34)23(26(33)30-28(32)35)14-20-16-31(25-10-6-4-8-22(20)25)15-19-7-3-5-9-24(19)29/h3-14,16H,15H2,1-2H3,(H,30,33,35)/b23-14+. The van der Waals surface area contributed by atoms with Crippen molar-refractivity contribution >= 4 is 51.8 Å². The monoisotopic (exact) mass is 483 g/mol. The molecular formula is C28H22FN3O2S. The van der Waals surface area contributed by atoms with Crippen LogP contribution in [-0.2, 0) is 16.1 Å². The minimum absolute atomic E-state index is 0.0217. The van der Waals surface area contributed by atoms with Crippen molar-refractivity contribution in [3.63, 3.8) is 0 Å². The van der Waals surface area contributed by atoms with Gasteiger partial charge in [-0.15, -0.1) is 0 Å². The number of aryl methyl sites for hydroxylation is 2. The number of fused-ring (bicyclic) bond motifs is 1. The molecule has 35 heavy (non-hydrogen) atoms. The first-order chi connectivity index (χ1) is 16.8. The molecule has 0 bridgehead atoms. The molecule has 0 saturated carbocycles. The van der Waals surface area contributed by atoms with Crippen LogP contribution in [-0.4, -0.2) is 21.5 Å². The summed E-state index contributed by atoms with van der Waals surface area (Å²) in [6.45, 7) is 4.19. The minimum atomic E-state index is -0.549. The van der Waals surface area contributed by atoms with E-state index in [4.69, 9.17) is 12.2 Å². The number of rotatable bonds is 4. The number of amides is 2. The summed E-state index contributed by atoms with van der Waals surface area (Å²) in [5.41, 5.74) is 4.64. The van der Waals surface area contributed by atoms with E-state index in [0.29, 0.717) is 23.4 Å². The Kier molecular flexibility index (Phi) is 5.78. The molecule has 1 aliphatic rings. The zero-order chi connectivity index (χ0) is 24.7. The van der Waals surface area contributed by atoms with E-state index in [2.05, 4.69) is 5.32 Å². The number of hydrogen-bond acceptors (Lipinski definition) is 3. The molecule has 0 unspecified atom stereocenters. The van der Waals surface area contributed by atoms with Crippen LogP contribution in [0.5, 0.6) is 0 Å². The number of anilines is 1. The Labute approximate surface area is 207 Å². The van der Waals surface area contributed by atoms with Gasteiger partial charge in [0.15, 0.2) is 5.11 Å². The first-order valence-electron chi connectivity index (χ1n) is 11.1. The van der Waals surface area contributed by atoms with E-state index in [-0.39, 0.29) is 16.5 Å². The normalized spacial score (nSPS) is 15.2. The van der Waals surface area contributed by atoms with E-state index < -0.39 is 11.8 Å². The molecule has 5 rings (SSSR count). The molecule has 0 atom stereocenters. The number of carbonyl (C=O) groups excluding carboxylic acids is 2. The topological polar surface area (TPSA) is 54.3 Å². The van der Waals surface area contributed by atoms with Crippen LogP contribution in [0.2, 0.25) is 0 Å². The second-order valence-corrected chi connectivity index (χ2v) is 9.01. The Hall–Kier alpha value is -4.10. The largest absolute Gasteiger partial charge is 0.342 e. The van der Waals surface area contributed by atoms with Gasteiger partial charge in [0, 0.05) is 28.2 Å². The number of nitrogens with one attached hydrogen (secondary N) is 1. The van der Waals surface area contributed by atoms with Gasteiger partial charge in [0.25, 0.3) is 11.8 Å². The van der Waals surface area contributed by atoms with Crippen LogP contribution >= 0.6 is 12.2 Å². The van der Waals surface area contributed by atoms with E-state index >= 15 is 0 Å². The average molecular weight is 484 g/mol. The summed E-state index contributed by atoms with van der Waals surface area (Å²) in [4.78, 5) is 27.7. The molecule has 7 heteroatoms. The second kappa shape index (κ2) is 8.92. The van der Waals surface area contributed by atoms with Gasteiger partial charge in [-0.2, -0.15) is 0 Å². The predicted octanol–water partition coefficient (Wildman–Crippen LogP) is 5.28. The van der Waals surface area contributed by atoms with Crippen molar-refractivity contribution in [1.29, 1.82) is 0 Å². The van der Waals surface area contributed by atoms with Gasteiger partial charge in [0.2, 0.25) is 0 Å². The Bertz CT molecular complexity index is 1530. The smallest absolute Gasteiger partial charge is 0.270 e. The molecule has 4 aromatic rings. The second-order valence-electron chi connectivity index (χ2n) is 8.62. The lowest BCUT2D eigenvalue weighted by Crippen LogP contribution is -2.54. The van der Waals surface area contributed by atoms with Crippen LogP contribution in [0.1, 0.15) is 22.3 Å². The summed E-state index contributed by atoms with van der Waals surface area (Å²) in [5.74, 6) is -1.33. The third kappa shape index (κ3) is 4.26. The van der Waals surface area contributed by atoms with Gasteiger partial charge in [-0.1, -0.05) is 42.5 Å². The van der Waals surface area contributed by atoms with Gasteiger partial charge in [-0.3, -0.25) is 19.8 Å². The molecule has 5 nitrogen and oxygen atoms in total.